The van der Waals surface area contributed by atoms with Gasteiger partial charge >= 0.3 is 0 Å². The molecule has 2 N–H and O–H groups in total. The Morgan fingerprint density at radius 3 is 2.50 bits per heavy atom. The molecular formula is C17H21N3O5S. The smallest absolute Gasteiger partial charge is 0.239 e. The fourth-order valence-corrected chi connectivity index (χ4v) is 3.40. The molecule has 1 heterocycles. The van der Waals surface area contributed by atoms with E-state index in [1.807, 2.05) is 6.07 Å². The molecule has 0 atom stereocenters. The number of anilines is 1. The van der Waals surface area contributed by atoms with Crippen molar-refractivity contribution in [3.05, 3.63) is 42.2 Å². The van der Waals surface area contributed by atoms with Gasteiger partial charge in [-0.3, -0.25) is 9.78 Å². The highest BCUT2D eigenvalue weighted by Crippen LogP contribution is 2.39. The van der Waals surface area contributed by atoms with Crippen molar-refractivity contribution in [1.82, 2.24) is 10.3 Å². The fraction of sp³-hybridized carbons (Fsp3) is 0.294. The Labute approximate surface area is 152 Å². The number of hydrogen-bond acceptors (Lipinski definition) is 7. The zero-order valence-electron chi connectivity index (χ0n) is 14.8. The van der Waals surface area contributed by atoms with Gasteiger partial charge in [-0.25, -0.2) is 8.42 Å². The molecular weight excluding hydrogens is 358 g/mol. The van der Waals surface area contributed by atoms with Crippen molar-refractivity contribution in [3.8, 4) is 11.5 Å². The normalized spacial score (nSPS) is 10.9. The summed E-state index contributed by atoms with van der Waals surface area (Å²) in [5, 5.41) is 5.54. The van der Waals surface area contributed by atoms with Crippen molar-refractivity contribution in [2.75, 3.05) is 32.3 Å². The first-order valence-electron chi connectivity index (χ1n) is 7.72. The lowest BCUT2D eigenvalue weighted by Crippen LogP contribution is -2.30. The number of benzene rings is 1. The molecule has 140 valence electrons. The number of sulfone groups is 1. The largest absolute Gasteiger partial charge is 0.493 e. The summed E-state index contributed by atoms with van der Waals surface area (Å²) < 4.78 is 34.7. The number of ether oxygens (including phenoxy) is 2. The van der Waals surface area contributed by atoms with Gasteiger partial charge in [0.2, 0.25) is 5.91 Å². The van der Waals surface area contributed by atoms with Crippen molar-refractivity contribution in [3.63, 3.8) is 0 Å². The molecule has 26 heavy (non-hydrogen) atoms. The van der Waals surface area contributed by atoms with Crippen LogP contribution in [0.5, 0.6) is 11.5 Å². The van der Waals surface area contributed by atoms with E-state index in [4.69, 9.17) is 9.47 Å². The number of hydrogen-bond donors (Lipinski definition) is 2. The van der Waals surface area contributed by atoms with E-state index in [2.05, 4.69) is 15.6 Å². The van der Waals surface area contributed by atoms with Gasteiger partial charge in [0, 0.05) is 12.5 Å². The maximum Gasteiger partial charge on any atom is 0.239 e. The summed E-state index contributed by atoms with van der Waals surface area (Å²) in [6, 6.07) is 8.51. The first-order chi connectivity index (χ1) is 12.4. The predicted octanol–water partition coefficient (Wildman–Crippen LogP) is 1.23. The van der Waals surface area contributed by atoms with Crippen LogP contribution in [0.2, 0.25) is 0 Å². The lowest BCUT2D eigenvalue weighted by atomic mass is 10.2. The Kier molecular flexibility index (Phi) is 6.40. The lowest BCUT2D eigenvalue weighted by Gasteiger charge is -2.16. The summed E-state index contributed by atoms with van der Waals surface area (Å²) in [6.07, 6.45) is 2.71. The van der Waals surface area contributed by atoms with E-state index in [9.17, 15) is 13.2 Å². The van der Waals surface area contributed by atoms with Crippen LogP contribution < -0.4 is 20.1 Å². The molecule has 2 rings (SSSR count). The van der Waals surface area contributed by atoms with Gasteiger partial charge in [0.25, 0.3) is 0 Å². The van der Waals surface area contributed by atoms with Crippen LogP contribution in [0.15, 0.2) is 41.4 Å². The minimum Gasteiger partial charge on any atom is -0.493 e. The third-order valence-corrected chi connectivity index (χ3v) is 4.65. The second-order valence-electron chi connectivity index (χ2n) is 5.40. The van der Waals surface area contributed by atoms with Crippen LogP contribution in [0.1, 0.15) is 5.69 Å². The van der Waals surface area contributed by atoms with Crippen LogP contribution in [-0.4, -0.2) is 46.3 Å². The number of aromatic nitrogens is 1. The van der Waals surface area contributed by atoms with Crippen molar-refractivity contribution < 1.29 is 22.7 Å². The van der Waals surface area contributed by atoms with Gasteiger partial charge in [0.1, 0.15) is 4.90 Å². The van der Waals surface area contributed by atoms with E-state index < -0.39 is 9.84 Å². The van der Waals surface area contributed by atoms with E-state index in [1.165, 1.54) is 20.3 Å². The quantitative estimate of drug-likeness (QED) is 0.710. The molecule has 0 aliphatic heterocycles. The summed E-state index contributed by atoms with van der Waals surface area (Å²) >= 11 is 0. The van der Waals surface area contributed by atoms with Gasteiger partial charge in [-0.15, -0.1) is 0 Å². The van der Waals surface area contributed by atoms with Crippen LogP contribution in [0.4, 0.5) is 5.69 Å². The molecule has 0 spiro atoms. The first kappa shape index (κ1) is 19.5. The molecule has 0 saturated heterocycles. The molecule has 0 fully saturated rings. The number of carbonyl (C=O) groups excluding carboxylic acids is 1. The standard InChI is InChI=1S/C17H21N3O5S/c1-24-14-8-7-13(17(16(14)25-2)26(3,22)23)19-11-15(21)20-10-12-6-4-5-9-18-12/h4-9,19H,10-11H2,1-3H3,(H,20,21). The molecule has 0 unspecified atom stereocenters. The average molecular weight is 379 g/mol. The Balaban J connectivity index is 2.12. The van der Waals surface area contributed by atoms with Crippen LogP contribution in [0.3, 0.4) is 0 Å². The summed E-state index contributed by atoms with van der Waals surface area (Å²) in [4.78, 5) is 16.1. The Morgan fingerprint density at radius 1 is 1.15 bits per heavy atom. The number of amides is 1. The highest BCUT2D eigenvalue weighted by molar-refractivity contribution is 7.91. The molecule has 0 aliphatic carbocycles. The van der Waals surface area contributed by atoms with Gasteiger partial charge in [-0.2, -0.15) is 0 Å². The van der Waals surface area contributed by atoms with E-state index in [-0.39, 0.29) is 41.1 Å². The Bertz CT molecular complexity index is 869. The molecule has 1 aromatic heterocycles. The van der Waals surface area contributed by atoms with Gasteiger partial charge in [0.05, 0.1) is 38.7 Å². The molecule has 9 heteroatoms. The zero-order valence-corrected chi connectivity index (χ0v) is 15.6. The highest BCUT2D eigenvalue weighted by atomic mass is 32.2. The second-order valence-corrected chi connectivity index (χ2v) is 7.35. The fourth-order valence-electron chi connectivity index (χ4n) is 2.34. The lowest BCUT2D eigenvalue weighted by molar-refractivity contribution is -0.119. The van der Waals surface area contributed by atoms with Crippen LogP contribution in [0.25, 0.3) is 0 Å². The monoisotopic (exact) mass is 379 g/mol. The van der Waals surface area contributed by atoms with Crippen LogP contribution >= 0.6 is 0 Å². The maximum absolute atomic E-state index is 12.2. The van der Waals surface area contributed by atoms with Gasteiger partial charge in [0.15, 0.2) is 21.3 Å². The molecule has 1 aromatic carbocycles. The zero-order chi connectivity index (χ0) is 19.2. The number of rotatable bonds is 8. The summed E-state index contributed by atoms with van der Waals surface area (Å²) in [5.74, 6) is 0.0804. The minimum absolute atomic E-state index is 0.0584. The first-order valence-corrected chi connectivity index (χ1v) is 9.61. The van der Waals surface area contributed by atoms with Gasteiger partial charge < -0.3 is 20.1 Å². The SMILES string of the molecule is COc1ccc(NCC(=O)NCc2ccccn2)c(S(C)(=O)=O)c1OC. The Morgan fingerprint density at radius 2 is 1.92 bits per heavy atom. The van der Waals surface area contributed by atoms with Crippen molar-refractivity contribution >= 4 is 21.4 Å². The predicted molar refractivity (Wildman–Crippen MR) is 97.2 cm³/mol. The van der Waals surface area contributed by atoms with Gasteiger partial charge in [-0.1, -0.05) is 6.07 Å². The van der Waals surface area contributed by atoms with Crippen LogP contribution in [0, 0.1) is 0 Å². The summed E-state index contributed by atoms with van der Waals surface area (Å²) in [6.45, 7) is 0.178. The van der Waals surface area contributed by atoms with Crippen LogP contribution in [-0.2, 0) is 21.2 Å². The number of nitrogens with zero attached hydrogens (tertiary/aromatic N) is 1. The third-order valence-electron chi connectivity index (χ3n) is 3.50. The maximum atomic E-state index is 12.2. The number of pyridine rings is 1. The summed E-state index contributed by atoms with van der Waals surface area (Å²) in [5.41, 5.74) is 0.988. The van der Waals surface area contributed by atoms with E-state index in [0.29, 0.717) is 0 Å². The topological polar surface area (TPSA) is 107 Å². The third kappa shape index (κ3) is 4.85. The number of carbonyl (C=O) groups is 1. The second kappa shape index (κ2) is 8.52. The molecule has 8 nitrogen and oxygen atoms in total. The molecule has 0 saturated carbocycles. The molecule has 0 bridgehead atoms. The molecule has 2 aromatic rings. The molecule has 0 radical (unpaired) electrons. The Hall–Kier alpha value is -2.81. The van der Waals surface area contributed by atoms with Gasteiger partial charge in [-0.05, 0) is 24.3 Å². The molecule has 1 amide bonds. The summed E-state index contributed by atoms with van der Waals surface area (Å²) in [7, 11) is -0.845. The van der Waals surface area contributed by atoms with Crippen molar-refractivity contribution in [2.24, 2.45) is 0 Å². The average Bonchev–Trinajstić information content (AvgIpc) is 2.63. The van der Waals surface area contributed by atoms with E-state index in [1.54, 1.807) is 24.4 Å². The minimum atomic E-state index is -3.62. The van der Waals surface area contributed by atoms with E-state index in [0.717, 1.165) is 11.9 Å². The van der Waals surface area contributed by atoms with Crippen molar-refractivity contribution in [2.45, 2.75) is 11.4 Å². The number of nitrogens with one attached hydrogen (secondary N) is 2. The van der Waals surface area contributed by atoms with Crippen molar-refractivity contribution in [1.29, 1.82) is 0 Å². The molecule has 0 aliphatic rings. The number of methoxy groups -OCH3 is 2. The van der Waals surface area contributed by atoms with E-state index >= 15 is 0 Å². The highest BCUT2D eigenvalue weighted by Gasteiger charge is 2.23.